The van der Waals surface area contributed by atoms with Crippen LogP contribution in [0.3, 0.4) is 0 Å². The van der Waals surface area contributed by atoms with Gasteiger partial charge in [-0.3, -0.25) is 5.43 Å². The highest BCUT2D eigenvalue weighted by atomic mass is 15.5. The lowest BCUT2D eigenvalue weighted by Crippen LogP contribution is -2.33. The van der Waals surface area contributed by atoms with Crippen LogP contribution in [-0.2, 0) is 0 Å². The smallest absolute Gasteiger partial charge is 0.0253 e. The summed E-state index contributed by atoms with van der Waals surface area (Å²) in [5, 5.41) is 2.19. The maximum atomic E-state index is 3.35. The topological polar surface area (TPSA) is 15.3 Å². The molecule has 1 fully saturated rings. The number of rotatable bonds is 0. The van der Waals surface area contributed by atoms with Crippen molar-refractivity contribution in [2.75, 3.05) is 7.05 Å². The van der Waals surface area contributed by atoms with Gasteiger partial charge in [-0.1, -0.05) is 6.92 Å². The third kappa shape index (κ3) is 1.10. The molecule has 54 valence electrons. The zero-order valence-corrected chi connectivity index (χ0v) is 6.68. The van der Waals surface area contributed by atoms with Gasteiger partial charge < -0.3 is 0 Å². The average molecular weight is 128 g/mol. The molecule has 3 atom stereocenters. The third-order valence-corrected chi connectivity index (χ3v) is 2.57. The maximum absolute atomic E-state index is 3.35. The maximum Gasteiger partial charge on any atom is 0.0253 e. The van der Waals surface area contributed by atoms with Gasteiger partial charge >= 0.3 is 0 Å². The first-order valence-electron chi connectivity index (χ1n) is 3.62. The molecule has 0 aromatic carbocycles. The molecule has 0 aromatic rings. The van der Waals surface area contributed by atoms with Gasteiger partial charge in [0.2, 0.25) is 0 Å². The second-order valence-corrected chi connectivity index (χ2v) is 3.13. The Balaban J connectivity index is 2.54. The van der Waals surface area contributed by atoms with E-state index in [4.69, 9.17) is 0 Å². The van der Waals surface area contributed by atoms with E-state index in [1.54, 1.807) is 0 Å². The van der Waals surface area contributed by atoms with Gasteiger partial charge in [0.1, 0.15) is 0 Å². The van der Waals surface area contributed by atoms with Gasteiger partial charge in [0, 0.05) is 19.1 Å². The Labute approximate surface area is 57.2 Å². The van der Waals surface area contributed by atoms with Gasteiger partial charge in [0.05, 0.1) is 0 Å². The number of hydrogen-bond acceptors (Lipinski definition) is 2. The molecular formula is C7H16N2. The number of nitrogens with one attached hydrogen (secondary N) is 1. The highest BCUT2D eigenvalue weighted by Gasteiger charge is 2.29. The summed E-state index contributed by atoms with van der Waals surface area (Å²) in [7, 11) is 2.10. The quantitative estimate of drug-likeness (QED) is 0.520. The first kappa shape index (κ1) is 7.03. The minimum absolute atomic E-state index is 0.644. The lowest BCUT2D eigenvalue weighted by molar-refractivity contribution is 0.233. The first-order chi connectivity index (χ1) is 4.13. The van der Waals surface area contributed by atoms with Crippen molar-refractivity contribution in [1.29, 1.82) is 0 Å². The highest BCUT2D eigenvalue weighted by molar-refractivity contribution is 4.83. The average Bonchev–Trinajstić information content (AvgIpc) is 1.98. The van der Waals surface area contributed by atoms with Crippen LogP contribution in [0, 0.1) is 5.92 Å². The molecule has 3 unspecified atom stereocenters. The summed E-state index contributed by atoms with van der Waals surface area (Å²) in [6.45, 7) is 6.76. The highest BCUT2D eigenvalue weighted by Crippen LogP contribution is 2.18. The van der Waals surface area contributed by atoms with E-state index in [0.717, 1.165) is 5.92 Å². The molecule has 1 N–H and O–H groups in total. The molecule has 1 heterocycles. The molecule has 1 rings (SSSR count). The van der Waals surface area contributed by atoms with E-state index in [2.05, 4.69) is 38.3 Å². The molecule has 0 spiro atoms. The molecule has 9 heavy (non-hydrogen) atoms. The monoisotopic (exact) mass is 128 g/mol. The van der Waals surface area contributed by atoms with Crippen LogP contribution in [0.5, 0.6) is 0 Å². The van der Waals surface area contributed by atoms with Crippen LogP contribution >= 0.6 is 0 Å². The molecule has 0 radical (unpaired) electrons. The van der Waals surface area contributed by atoms with Crippen LogP contribution in [0.4, 0.5) is 0 Å². The minimum atomic E-state index is 0.644. The minimum Gasteiger partial charge on any atom is -0.252 e. The van der Waals surface area contributed by atoms with Crippen LogP contribution in [0.2, 0.25) is 0 Å². The zero-order chi connectivity index (χ0) is 7.02. The standard InChI is InChI=1S/C7H16N2/c1-5-6(2)8-9(4)7(5)3/h5-8H,1-4H3. The van der Waals surface area contributed by atoms with E-state index in [1.807, 2.05) is 0 Å². The molecule has 2 heteroatoms. The molecule has 0 aromatic heterocycles. The predicted molar refractivity (Wildman–Crippen MR) is 39.0 cm³/mol. The first-order valence-corrected chi connectivity index (χ1v) is 3.62. The Morgan fingerprint density at radius 1 is 1.22 bits per heavy atom. The third-order valence-electron chi connectivity index (χ3n) is 2.57. The van der Waals surface area contributed by atoms with Gasteiger partial charge in [-0.25, -0.2) is 5.01 Å². The molecular weight excluding hydrogens is 112 g/mol. The van der Waals surface area contributed by atoms with Crippen molar-refractivity contribution in [2.24, 2.45) is 5.92 Å². The van der Waals surface area contributed by atoms with Crippen molar-refractivity contribution in [2.45, 2.75) is 32.9 Å². The van der Waals surface area contributed by atoms with Crippen molar-refractivity contribution < 1.29 is 0 Å². The summed E-state index contributed by atoms with van der Waals surface area (Å²) in [6, 6.07) is 1.32. The summed E-state index contributed by atoms with van der Waals surface area (Å²) < 4.78 is 0. The summed E-state index contributed by atoms with van der Waals surface area (Å²) in [5.41, 5.74) is 3.35. The van der Waals surface area contributed by atoms with Gasteiger partial charge in [0.15, 0.2) is 0 Å². The van der Waals surface area contributed by atoms with Gasteiger partial charge in [-0.05, 0) is 19.8 Å². The molecule has 0 saturated carbocycles. The van der Waals surface area contributed by atoms with Crippen LogP contribution < -0.4 is 5.43 Å². The lowest BCUT2D eigenvalue weighted by atomic mass is 9.99. The molecule has 1 aliphatic rings. The SMILES string of the molecule is CC1NN(C)C(C)C1C. The molecule has 0 bridgehead atoms. The Bertz CT molecular complexity index is 91.1. The Hall–Kier alpha value is -0.0800. The fourth-order valence-electron chi connectivity index (χ4n) is 1.33. The molecule has 0 aliphatic carbocycles. The van der Waals surface area contributed by atoms with Crippen molar-refractivity contribution in [3.63, 3.8) is 0 Å². The number of hydrogen-bond donors (Lipinski definition) is 1. The number of nitrogens with zero attached hydrogens (tertiary/aromatic N) is 1. The second kappa shape index (κ2) is 2.27. The summed E-state index contributed by atoms with van der Waals surface area (Å²) in [5.74, 6) is 0.773. The normalized spacial score (nSPS) is 46.0. The van der Waals surface area contributed by atoms with Crippen molar-refractivity contribution >= 4 is 0 Å². The fraction of sp³-hybridized carbons (Fsp3) is 1.00. The van der Waals surface area contributed by atoms with E-state index < -0.39 is 0 Å². The fourth-order valence-corrected chi connectivity index (χ4v) is 1.33. The van der Waals surface area contributed by atoms with Gasteiger partial charge in [-0.15, -0.1) is 0 Å². The van der Waals surface area contributed by atoms with Crippen molar-refractivity contribution in [1.82, 2.24) is 10.4 Å². The van der Waals surface area contributed by atoms with Crippen LogP contribution in [-0.4, -0.2) is 24.1 Å². The van der Waals surface area contributed by atoms with Crippen LogP contribution in [0.1, 0.15) is 20.8 Å². The van der Waals surface area contributed by atoms with E-state index in [0.29, 0.717) is 12.1 Å². The summed E-state index contributed by atoms with van der Waals surface area (Å²) in [6.07, 6.45) is 0. The van der Waals surface area contributed by atoms with Crippen LogP contribution in [0.15, 0.2) is 0 Å². The van der Waals surface area contributed by atoms with Crippen LogP contribution in [0.25, 0.3) is 0 Å². The van der Waals surface area contributed by atoms with E-state index in [9.17, 15) is 0 Å². The zero-order valence-electron chi connectivity index (χ0n) is 6.68. The molecule has 1 aliphatic heterocycles. The molecule has 2 nitrogen and oxygen atoms in total. The van der Waals surface area contributed by atoms with Gasteiger partial charge in [0.25, 0.3) is 0 Å². The Morgan fingerprint density at radius 2 is 1.78 bits per heavy atom. The predicted octanol–water partition coefficient (Wildman–Crippen LogP) is 0.849. The Kier molecular flexibility index (Phi) is 1.78. The molecule has 1 saturated heterocycles. The van der Waals surface area contributed by atoms with E-state index >= 15 is 0 Å². The lowest BCUT2D eigenvalue weighted by Gasteiger charge is -2.15. The van der Waals surface area contributed by atoms with E-state index in [-0.39, 0.29) is 0 Å². The summed E-state index contributed by atoms with van der Waals surface area (Å²) >= 11 is 0. The second-order valence-electron chi connectivity index (χ2n) is 3.13. The van der Waals surface area contributed by atoms with E-state index in [1.165, 1.54) is 0 Å². The summed E-state index contributed by atoms with van der Waals surface area (Å²) in [4.78, 5) is 0. The van der Waals surface area contributed by atoms with Gasteiger partial charge in [-0.2, -0.15) is 0 Å². The van der Waals surface area contributed by atoms with Crippen molar-refractivity contribution in [3.8, 4) is 0 Å². The number of hydrazine groups is 1. The largest absolute Gasteiger partial charge is 0.252 e. The van der Waals surface area contributed by atoms with Crippen molar-refractivity contribution in [3.05, 3.63) is 0 Å². The molecule has 0 amide bonds. The Morgan fingerprint density at radius 3 is 1.89 bits per heavy atom.